The first kappa shape index (κ1) is 15.4. The molecular formula is C13H7BrF4N2O. The van der Waals surface area contributed by atoms with E-state index in [2.05, 4.69) is 26.2 Å². The summed E-state index contributed by atoms with van der Waals surface area (Å²) in [6.07, 6.45) is -4.69. The Labute approximate surface area is 125 Å². The molecule has 0 aliphatic rings. The van der Waals surface area contributed by atoms with Crippen LogP contribution in [0.3, 0.4) is 0 Å². The molecule has 3 nitrogen and oxygen atoms in total. The molecule has 2 rings (SSSR count). The molecule has 1 heterocycles. The molecule has 0 bridgehead atoms. The monoisotopic (exact) mass is 362 g/mol. The molecule has 0 aliphatic carbocycles. The lowest BCUT2D eigenvalue weighted by molar-refractivity contribution is -0.137. The average Bonchev–Trinajstić information content (AvgIpc) is 2.37. The van der Waals surface area contributed by atoms with Crippen LogP contribution in [0.5, 0.6) is 0 Å². The van der Waals surface area contributed by atoms with Crippen LogP contribution in [0.2, 0.25) is 0 Å². The van der Waals surface area contributed by atoms with E-state index in [4.69, 9.17) is 0 Å². The first-order valence-electron chi connectivity index (χ1n) is 5.58. The molecule has 21 heavy (non-hydrogen) atoms. The van der Waals surface area contributed by atoms with Gasteiger partial charge in [-0.1, -0.05) is 22.0 Å². The Kier molecular flexibility index (Phi) is 4.26. The molecule has 0 atom stereocenters. The normalized spacial score (nSPS) is 11.3. The lowest BCUT2D eigenvalue weighted by Crippen LogP contribution is -2.19. The van der Waals surface area contributed by atoms with Crippen molar-refractivity contribution in [2.24, 2.45) is 0 Å². The summed E-state index contributed by atoms with van der Waals surface area (Å²) in [4.78, 5) is 15.3. The van der Waals surface area contributed by atoms with Gasteiger partial charge in [-0.3, -0.25) is 4.79 Å². The number of nitrogens with zero attached hydrogens (tertiary/aromatic N) is 1. The minimum atomic E-state index is -4.69. The zero-order valence-electron chi connectivity index (χ0n) is 10.2. The molecule has 1 N–H and O–H groups in total. The summed E-state index contributed by atoms with van der Waals surface area (Å²) in [5.74, 6) is -2.04. The predicted molar refractivity (Wildman–Crippen MR) is 71.3 cm³/mol. The van der Waals surface area contributed by atoms with Crippen molar-refractivity contribution in [3.05, 3.63) is 57.9 Å². The van der Waals surface area contributed by atoms with Gasteiger partial charge in [0.15, 0.2) is 0 Å². The van der Waals surface area contributed by atoms with Gasteiger partial charge in [-0.25, -0.2) is 4.98 Å². The number of aromatic nitrogens is 1. The quantitative estimate of drug-likeness (QED) is 0.640. The van der Waals surface area contributed by atoms with Gasteiger partial charge in [0.25, 0.3) is 5.91 Å². The molecule has 1 amide bonds. The van der Waals surface area contributed by atoms with E-state index in [-0.39, 0.29) is 10.3 Å². The second-order valence-corrected chi connectivity index (χ2v) is 4.90. The fourth-order valence-electron chi connectivity index (χ4n) is 1.61. The molecule has 0 aliphatic heterocycles. The summed E-state index contributed by atoms with van der Waals surface area (Å²) in [5, 5.41) is 2.13. The fraction of sp³-hybridized carbons (Fsp3) is 0.0769. The van der Waals surface area contributed by atoms with Gasteiger partial charge in [-0.05, 0) is 30.3 Å². The summed E-state index contributed by atoms with van der Waals surface area (Å²) in [7, 11) is 0. The number of alkyl halides is 3. The number of carbonyl (C=O) groups excluding carboxylic acids is 1. The molecule has 8 heteroatoms. The Bertz CT molecular complexity index is 688. The SMILES string of the molecule is O=C(Nc1cccc(F)n1)c1ccc(Br)cc1C(F)(F)F. The van der Waals surface area contributed by atoms with Crippen LogP contribution >= 0.6 is 15.9 Å². The molecular weight excluding hydrogens is 356 g/mol. The first-order chi connectivity index (χ1) is 9.77. The van der Waals surface area contributed by atoms with Crippen molar-refractivity contribution in [2.75, 3.05) is 5.32 Å². The number of halogens is 5. The predicted octanol–water partition coefficient (Wildman–Crippen LogP) is 4.25. The molecule has 0 radical (unpaired) electrons. The Morgan fingerprint density at radius 3 is 2.52 bits per heavy atom. The molecule has 0 saturated heterocycles. The highest BCUT2D eigenvalue weighted by Gasteiger charge is 2.35. The third-order valence-electron chi connectivity index (χ3n) is 2.49. The minimum Gasteiger partial charge on any atom is -0.306 e. The summed E-state index contributed by atoms with van der Waals surface area (Å²) >= 11 is 2.92. The van der Waals surface area contributed by atoms with E-state index in [1.165, 1.54) is 18.2 Å². The van der Waals surface area contributed by atoms with Crippen LogP contribution < -0.4 is 5.32 Å². The Morgan fingerprint density at radius 1 is 1.19 bits per heavy atom. The van der Waals surface area contributed by atoms with E-state index in [9.17, 15) is 22.4 Å². The van der Waals surface area contributed by atoms with E-state index in [0.717, 1.165) is 18.2 Å². The summed E-state index contributed by atoms with van der Waals surface area (Å²) < 4.78 is 51.8. The van der Waals surface area contributed by atoms with E-state index >= 15 is 0 Å². The molecule has 1 aromatic carbocycles. The summed E-state index contributed by atoms with van der Waals surface area (Å²) in [5.41, 5.74) is -1.66. The van der Waals surface area contributed by atoms with E-state index in [1.807, 2.05) is 0 Å². The topological polar surface area (TPSA) is 42.0 Å². The van der Waals surface area contributed by atoms with Gasteiger partial charge in [0.05, 0.1) is 11.1 Å². The highest BCUT2D eigenvalue weighted by Crippen LogP contribution is 2.34. The fourth-order valence-corrected chi connectivity index (χ4v) is 1.97. The number of carbonyl (C=O) groups is 1. The number of hydrogen-bond acceptors (Lipinski definition) is 2. The number of anilines is 1. The van der Waals surface area contributed by atoms with Gasteiger partial charge in [0.1, 0.15) is 5.82 Å². The number of amides is 1. The van der Waals surface area contributed by atoms with E-state index in [1.54, 1.807) is 0 Å². The molecule has 0 unspecified atom stereocenters. The van der Waals surface area contributed by atoms with Gasteiger partial charge in [0.2, 0.25) is 5.95 Å². The maximum absolute atomic E-state index is 12.9. The third-order valence-corrected chi connectivity index (χ3v) is 2.98. The Balaban J connectivity index is 2.35. The molecule has 110 valence electrons. The number of hydrogen-bond donors (Lipinski definition) is 1. The molecule has 0 saturated carbocycles. The highest BCUT2D eigenvalue weighted by atomic mass is 79.9. The van der Waals surface area contributed by atoms with Crippen LogP contribution in [-0.4, -0.2) is 10.9 Å². The van der Waals surface area contributed by atoms with Gasteiger partial charge < -0.3 is 5.32 Å². The summed E-state index contributed by atoms with van der Waals surface area (Å²) in [6, 6.07) is 6.74. The maximum atomic E-state index is 12.9. The molecule has 2 aromatic rings. The number of benzene rings is 1. The van der Waals surface area contributed by atoms with Gasteiger partial charge in [-0.2, -0.15) is 17.6 Å². The first-order valence-corrected chi connectivity index (χ1v) is 6.37. The van der Waals surface area contributed by atoms with Crippen molar-refractivity contribution in [3.8, 4) is 0 Å². The molecule has 0 fully saturated rings. The maximum Gasteiger partial charge on any atom is 0.417 e. The average molecular weight is 363 g/mol. The zero-order chi connectivity index (χ0) is 15.6. The van der Waals surface area contributed by atoms with Crippen LogP contribution in [0, 0.1) is 5.95 Å². The van der Waals surface area contributed by atoms with Gasteiger partial charge >= 0.3 is 6.18 Å². The van der Waals surface area contributed by atoms with Gasteiger partial charge in [0, 0.05) is 4.47 Å². The van der Waals surface area contributed by atoms with Crippen LogP contribution in [0.4, 0.5) is 23.4 Å². The van der Waals surface area contributed by atoms with Crippen molar-refractivity contribution in [1.82, 2.24) is 4.98 Å². The van der Waals surface area contributed by atoms with Crippen molar-refractivity contribution < 1.29 is 22.4 Å². The van der Waals surface area contributed by atoms with E-state index in [0.29, 0.717) is 0 Å². The smallest absolute Gasteiger partial charge is 0.306 e. The Morgan fingerprint density at radius 2 is 1.90 bits per heavy atom. The lowest BCUT2D eigenvalue weighted by Gasteiger charge is -2.13. The zero-order valence-corrected chi connectivity index (χ0v) is 11.8. The van der Waals surface area contributed by atoms with Crippen molar-refractivity contribution in [3.63, 3.8) is 0 Å². The van der Waals surface area contributed by atoms with Crippen molar-refractivity contribution in [1.29, 1.82) is 0 Å². The number of rotatable bonds is 2. The molecule has 0 spiro atoms. The number of nitrogens with one attached hydrogen (secondary N) is 1. The highest BCUT2D eigenvalue weighted by molar-refractivity contribution is 9.10. The minimum absolute atomic E-state index is 0.170. The third kappa shape index (κ3) is 3.78. The van der Waals surface area contributed by atoms with Crippen LogP contribution in [0.25, 0.3) is 0 Å². The van der Waals surface area contributed by atoms with Crippen molar-refractivity contribution >= 4 is 27.7 Å². The second kappa shape index (κ2) is 5.80. The number of pyridine rings is 1. The van der Waals surface area contributed by atoms with E-state index < -0.39 is 29.2 Å². The molecule has 1 aromatic heterocycles. The second-order valence-electron chi connectivity index (χ2n) is 3.99. The van der Waals surface area contributed by atoms with Crippen LogP contribution in [0.15, 0.2) is 40.9 Å². The van der Waals surface area contributed by atoms with Crippen LogP contribution in [-0.2, 0) is 6.18 Å². The largest absolute Gasteiger partial charge is 0.417 e. The van der Waals surface area contributed by atoms with Crippen molar-refractivity contribution in [2.45, 2.75) is 6.18 Å². The van der Waals surface area contributed by atoms with Gasteiger partial charge in [-0.15, -0.1) is 0 Å². The summed E-state index contributed by atoms with van der Waals surface area (Å²) in [6.45, 7) is 0. The Hall–Kier alpha value is -1.96. The standard InChI is InChI=1S/C13H7BrF4N2O/c14-7-4-5-8(9(6-7)13(16,17)18)12(21)20-11-3-1-2-10(15)19-11/h1-6H,(H,19,20,21). The van der Waals surface area contributed by atoms with Crippen LogP contribution in [0.1, 0.15) is 15.9 Å². The lowest BCUT2D eigenvalue weighted by atomic mass is 10.1.